The Hall–Kier alpha value is -3.27. The van der Waals surface area contributed by atoms with E-state index in [9.17, 15) is 4.79 Å². The maximum Gasteiger partial charge on any atom is 0.407 e. The van der Waals surface area contributed by atoms with Gasteiger partial charge in [-0.1, -0.05) is 47.7 Å². The van der Waals surface area contributed by atoms with Crippen molar-refractivity contribution in [3.8, 4) is 23.2 Å². The van der Waals surface area contributed by atoms with Crippen LogP contribution in [0.4, 0.5) is 4.79 Å². The van der Waals surface area contributed by atoms with Crippen molar-refractivity contribution in [3.63, 3.8) is 0 Å². The Kier molecular flexibility index (Phi) is 6.79. The van der Waals surface area contributed by atoms with Gasteiger partial charge in [0, 0.05) is 54.2 Å². The van der Waals surface area contributed by atoms with Crippen LogP contribution in [0, 0.1) is 17.8 Å². The molecule has 0 bridgehead atoms. The molecule has 3 heterocycles. The molecule has 1 saturated heterocycles. The lowest BCUT2D eigenvalue weighted by Gasteiger charge is -2.33. The lowest BCUT2D eigenvalue weighted by Crippen LogP contribution is -2.47. The fraction of sp³-hybridized carbons (Fsp3) is 0.379. The van der Waals surface area contributed by atoms with E-state index in [-0.39, 0.29) is 18.1 Å². The van der Waals surface area contributed by atoms with Gasteiger partial charge in [0.1, 0.15) is 16.9 Å². The predicted molar refractivity (Wildman–Crippen MR) is 143 cm³/mol. The minimum atomic E-state index is -0.496. The molecule has 2 aromatic heterocycles. The average Bonchev–Trinajstić information content (AvgIpc) is 3.19. The monoisotopic (exact) mass is 503 g/mol. The molecule has 1 fully saturated rings. The van der Waals surface area contributed by atoms with Crippen molar-refractivity contribution in [3.05, 3.63) is 53.2 Å². The molecule has 2 aliphatic rings. The molecule has 1 amide bonds. The zero-order valence-corrected chi connectivity index (χ0v) is 21.6. The number of furan rings is 1. The minimum Gasteiger partial charge on any atom is -0.456 e. The van der Waals surface area contributed by atoms with Crippen molar-refractivity contribution >= 4 is 39.8 Å². The zero-order valence-electron chi connectivity index (χ0n) is 20.8. The van der Waals surface area contributed by atoms with Crippen LogP contribution in [0.5, 0.6) is 0 Å². The predicted octanol–water partition coefficient (Wildman–Crippen LogP) is 4.24. The number of carbonyl (C=O) groups is 1. The van der Waals surface area contributed by atoms with E-state index in [0.717, 1.165) is 65.2 Å². The van der Waals surface area contributed by atoms with E-state index in [1.807, 2.05) is 57.3 Å². The normalized spacial score (nSPS) is 18.6. The van der Waals surface area contributed by atoms with Crippen LogP contribution in [-0.4, -0.2) is 47.3 Å². The van der Waals surface area contributed by atoms with Crippen molar-refractivity contribution in [2.75, 3.05) is 19.6 Å². The molecule has 0 saturated carbocycles. The van der Waals surface area contributed by atoms with Gasteiger partial charge >= 0.3 is 6.09 Å². The number of alkyl carbamates (subject to hydrolysis) is 1. The van der Waals surface area contributed by atoms with E-state index < -0.39 is 5.60 Å². The number of nitrogens with one attached hydrogen (secondary N) is 1. The number of ether oxygens (including phenoxy) is 1. The van der Waals surface area contributed by atoms with E-state index >= 15 is 0 Å². The highest BCUT2D eigenvalue weighted by molar-refractivity contribution is 6.48. The number of hydrogen-bond donors (Lipinski definition) is 1. The van der Waals surface area contributed by atoms with Gasteiger partial charge in [0.15, 0.2) is 0 Å². The second kappa shape index (κ2) is 10.0. The summed E-state index contributed by atoms with van der Waals surface area (Å²) in [5.41, 5.74) is 1.24. The fourth-order valence-corrected chi connectivity index (χ4v) is 4.92. The van der Waals surface area contributed by atoms with Gasteiger partial charge in [-0.2, -0.15) is 0 Å². The number of para-hydroxylation sites is 1. The minimum absolute atomic E-state index is 0.000827. The highest BCUT2D eigenvalue weighted by Crippen LogP contribution is 2.25. The fourth-order valence-electron chi connectivity index (χ4n) is 4.71. The van der Waals surface area contributed by atoms with E-state index in [1.165, 1.54) is 0 Å². The second-order valence-electron chi connectivity index (χ2n) is 10.4. The lowest BCUT2D eigenvalue weighted by molar-refractivity contribution is 0.0478. The molecule has 36 heavy (non-hydrogen) atoms. The van der Waals surface area contributed by atoms with Crippen LogP contribution in [-0.2, 0) is 4.74 Å². The summed E-state index contributed by atoms with van der Waals surface area (Å²) in [7, 11) is 0. The van der Waals surface area contributed by atoms with Gasteiger partial charge in [-0.05, 0) is 51.0 Å². The van der Waals surface area contributed by atoms with Crippen LogP contribution in [0.3, 0.4) is 0 Å². The van der Waals surface area contributed by atoms with Crippen LogP contribution < -0.4 is 15.8 Å². The Morgan fingerprint density at radius 1 is 1.25 bits per heavy atom. The molecule has 6 nitrogen and oxygen atoms in total. The summed E-state index contributed by atoms with van der Waals surface area (Å²) >= 11 is 6.60. The molecule has 1 aliphatic heterocycles. The standard InChI is InChI=1S/C29H30ClN3O3/c1-29(2,3)36-28(34)32-21-10-12-33(13-11-21)18-19-8-9-25(30)23-16-31-17-24(22(23)14-19)27-15-20-6-4-5-7-26(20)35-27/h4-7,14-17,19,21H,10-13,18H2,1-3H3,(H,32,34). The van der Waals surface area contributed by atoms with Crippen molar-refractivity contribution in [1.82, 2.24) is 15.2 Å². The second-order valence-corrected chi connectivity index (χ2v) is 10.8. The number of amides is 1. The van der Waals surface area contributed by atoms with E-state index in [0.29, 0.717) is 5.03 Å². The quantitative estimate of drug-likeness (QED) is 0.539. The van der Waals surface area contributed by atoms with Crippen molar-refractivity contribution in [2.45, 2.75) is 45.3 Å². The Morgan fingerprint density at radius 2 is 2.03 bits per heavy atom. The Balaban J connectivity index is 1.33. The van der Waals surface area contributed by atoms with Crippen molar-refractivity contribution in [1.29, 1.82) is 0 Å². The summed E-state index contributed by atoms with van der Waals surface area (Å²) in [4.78, 5) is 18.9. The van der Waals surface area contributed by atoms with Gasteiger partial charge in [0.2, 0.25) is 0 Å². The van der Waals surface area contributed by atoms with Crippen molar-refractivity contribution in [2.24, 2.45) is 5.92 Å². The number of carbonyl (C=O) groups excluding carboxylic acids is 1. The van der Waals surface area contributed by atoms with Crippen LogP contribution in [0.1, 0.15) is 33.6 Å². The maximum atomic E-state index is 12.1. The Bertz CT molecular complexity index is 1430. The first-order valence-corrected chi connectivity index (χ1v) is 12.7. The molecule has 0 radical (unpaired) electrons. The molecule has 7 heteroatoms. The summed E-state index contributed by atoms with van der Waals surface area (Å²) in [5, 5.41) is 6.35. The zero-order chi connectivity index (χ0) is 25.3. The average molecular weight is 504 g/mol. The van der Waals surface area contributed by atoms with Crippen LogP contribution in [0.15, 0.2) is 47.1 Å². The summed E-state index contributed by atoms with van der Waals surface area (Å²) in [5.74, 6) is 7.23. The highest BCUT2D eigenvalue weighted by Gasteiger charge is 2.24. The highest BCUT2D eigenvalue weighted by atomic mass is 35.5. The number of likely N-dealkylation sites (tertiary alicyclic amines) is 1. The Labute approximate surface area is 216 Å². The number of fused-ring (bicyclic) bond motifs is 2. The summed E-state index contributed by atoms with van der Waals surface area (Å²) in [6.07, 6.45) is 7.18. The number of halogens is 1. The molecule has 1 atom stereocenters. The number of aromatic nitrogens is 1. The van der Waals surface area contributed by atoms with E-state index in [1.54, 1.807) is 6.20 Å². The molecule has 5 rings (SSSR count). The molecule has 1 aromatic carbocycles. The van der Waals surface area contributed by atoms with Gasteiger partial charge in [0.25, 0.3) is 0 Å². The Morgan fingerprint density at radius 3 is 2.78 bits per heavy atom. The number of pyridine rings is 1. The van der Waals surface area contributed by atoms with Gasteiger partial charge in [-0.25, -0.2) is 4.79 Å². The third-order valence-corrected chi connectivity index (χ3v) is 6.71. The number of nitrogens with zero attached hydrogens (tertiary/aromatic N) is 2. The first-order valence-electron chi connectivity index (χ1n) is 12.3. The molecule has 1 unspecified atom stereocenters. The third kappa shape index (κ3) is 5.59. The summed E-state index contributed by atoms with van der Waals surface area (Å²) in [6.45, 7) is 8.16. The first kappa shape index (κ1) is 24.4. The third-order valence-electron chi connectivity index (χ3n) is 6.41. The van der Waals surface area contributed by atoms with Gasteiger partial charge in [-0.15, -0.1) is 0 Å². The largest absolute Gasteiger partial charge is 0.456 e. The first-order chi connectivity index (χ1) is 17.2. The number of piperidine rings is 1. The molecule has 3 aromatic rings. The van der Waals surface area contributed by atoms with E-state index in [4.69, 9.17) is 20.8 Å². The summed E-state index contributed by atoms with van der Waals surface area (Å²) < 4.78 is 11.5. The van der Waals surface area contributed by atoms with E-state index in [2.05, 4.69) is 33.1 Å². The molecule has 0 spiro atoms. The molecule has 1 N–H and O–H groups in total. The van der Waals surface area contributed by atoms with Crippen LogP contribution in [0.2, 0.25) is 0 Å². The summed E-state index contributed by atoms with van der Waals surface area (Å²) in [6, 6.07) is 10.1. The smallest absolute Gasteiger partial charge is 0.407 e. The molecular formula is C29H30ClN3O3. The topological polar surface area (TPSA) is 67.6 Å². The SMILES string of the molecule is CC(C)(C)OC(=O)NC1CCN(CC2C#CC(Cl)=c3cncc(-c4cc5ccccc5o4)c3=C2)CC1. The molecular weight excluding hydrogens is 474 g/mol. The van der Waals surface area contributed by atoms with Gasteiger partial charge < -0.3 is 19.4 Å². The maximum absolute atomic E-state index is 12.1. The lowest BCUT2D eigenvalue weighted by atomic mass is 10.0. The number of benzene rings is 1. The molecule has 186 valence electrons. The number of rotatable bonds is 4. The van der Waals surface area contributed by atoms with Crippen molar-refractivity contribution < 1.29 is 13.9 Å². The molecule has 1 aliphatic carbocycles. The number of hydrogen-bond acceptors (Lipinski definition) is 5. The van der Waals surface area contributed by atoms with Gasteiger partial charge in [0.05, 0.1) is 11.0 Å². The van der Waals surface area contributed by atoms with Crippen LogP contribution >= 0.6 is 11.6 Å². The van der Waals surface area contributed by atoms with Crippen LogP contribution in [0.25, 0.3) is 33.4 Å². The van der Waals surface area contributed by atoms with Gasteiger partial charge in [-0.3, -0.25) is 4.98 Å².